The maximum absolute atomic E-state index is 5.87. The fourth-order valence-electron chi connectivity index (χ4n) is 1.58. The lowest BCUT2D eigenvalue weighted by Crippen LogP contribution is -2.09. The highest BCUT2D eigenvalue weighted by Crippen LogP contribution is 2.09. The van der Waals surface area contributed by atoms with Crippen LogP contribution >= 0.6 is 11.6 Å². The summed E-state index contributed by atoms with van der Waals surface area (Å²) >= 11 is 5.87. The molecule has 3 rings (SSSR count). The van der Waals surface area contributed by atoms with Crippen molar-refractivity contribution < 1.29 is 0 Å². The zero-order chi connectivity index (χ0) is 13.9. The van der Waals surface area contributed by atoms with Crippen molar-refractivity contribution >= 4 is 17.5 Å². The van der Waals surface area contributed by atoms with Gasteiger partial charge in [0, 0.05) is 25.4 Å². The molecule has 9 nitrogen and oxygen atoms in total. The van der Waals surface area contributed by atoms with Crippen LogP contribution in [0.2, 0.25) is 5.28 Å². The second kappa shape index (κ2) is 5.21. The van der Waals surface area contributed by atoms with E-state index in [9.17, 15) is 0 Å². The number of aryl methyl sites for hydroxylation is 1. The van der Waals surface area contributed by atoms with Crippen LogP contribution in [0.25, 0.3) is 5.95 Å². The van der Waals surface area contributed by atoms with E-state index in [2.05, 4.69) is 35.5 Å². The van der Waals surface area contributed by atoms with Gasteiger partial charge in [0.1, 0.15) is 12.7 Å². The molecule has 3 aromatic rings. The first-order chi connectivity index (χ1) is 9.70. The van der Waals surface area contributed by atoms with Gasteiger partial charge in [0.15, 0.2) is 0 Å². The van der Waals surface area contributed by atoms with Crippen molar-refractivity contribution in [1.29, 1.82) is 0 Å². The number of aromatic nitrogens is 8. The molecule has 3 aromatic heterocycles. The van der Waals surface area contributed by atoms with Gasteiger partial charge in [-0.25, -0.2) is 4.98 Å². The fourth-order valence-corrected chi connectivity index (χ4v) is 1.73. The quantitative estimate of drug-likeness (QED) is 0.745. The molecule has 0 saturated carbocycles. The van der Waals surface area contributed by atoms with Gasteiger partial charge < -0.3 is 5.32 Å². The molecular formula is C10H10ClN9. The number of halogens is 1. The Labute approximate surface area is 118 Å². The van der Waals surface area contributed by atoms with Crippen LogP contribution in [0.15, 0.2) is 25.0 Å². The van der Waals surface area contributed by atoms with Crippen molar-refractivity contribution in [2.75, 3.05) is 5.32 Å². The Balaban J connectivity index is 1.79. The third kappa shape index (κ3) is 2.72. The van der Waals surface area contributed by atoms with Gasteiger partial charge in [-0.05, 0) is 11.6 Å². The number of anilines is 1. The second-order valence-electron chi connectivity index (χ2n) is 3.94. The Morgan fingerprint density at radius 1 is 1.25 bits per heavy atom. The molecule has 0 spiro atoms. The van der Waals surface area contributed by atoms with E-state index in [0.717, 1.165) is 5.56 Å². The van der Waals surface area contributed by atoms with Crippen LogP contribution in [0.1, 0.15) is 5.56 Å². The summed E-state index contributed by atoms with van der Waals surface area (Å²) in [4.78, 5) is 16.0. The molecule has 0 radical (unpaired) electrons. The largest absolute Gasteiger partial charge is 0.350 e. The lowest BCUT2D eigenvalue weighted by molar-refractivity contribution is 0.767. The van der Waals surface area contributed by atoms with E-state index >= 15 is 0 Å². The van der Waals surface area contributed by atoms with Crippen molar-refractivity contribution in [1.82, 2.24) is 39.5 Å². The lowest BCUT2D eigenvalue weighted by atomic mass is 10.4. The molecule has 0 unspecified atom stereocenters. The Morgan fingerprint density at radius 3 is 2.85 bits per heavy atom. The van der Waals surface area contributed by atoms with Crippen LogP contribution in [0, 0.1) is 0 Å². The number of nitrogens with zero attached hydrogens (tertiary/aromatic N) is 8. The topological polar surface area (TPSA) is 99.2 Å². The van der Waals surface area contributed by atoms with E-state index in [-0.39, 0.29) is 5.28 Å². The zero-order valence-corrected chi connectivity index (χ0v) is 11.2. The fraction of sp³-hybridized carbons (Fsp3) is 0.200. The first-order valence-electron chi connectivity index (χ1n) is 5.69. The average molecular weight is 292 g/mol. The SMILES string of the molecule is Cn1cc(CNc2nc(Cl)nc(-n3cncn3)n2)cn1. The molecular weight excluding hydrogens is 282 g/mol. The Morgan fingerprint density at radius 2 is 2.15 bits per heavy atom. The molecule has 0 aliphatic heterocycles. The minimum atomic E-state index is 0.0826. The van der Waals surface area contributed by atoms with E-state index in [4.69, 9.17) is 11.6 Å². The highest BCUT2D eigenvalue weighted by Gasteiger charge is 2.07. The van der Waals surface area contributed by atoms with Crippen LogP contribution in [0.3, 0.4) is 0 Å². The molecule has 0 aliphatic rings. The summed E-state index contributed by atoms with van der Waals surface area (Å²) in [5.41, 5.74) is 1.01. The first kappa shape index (κ1) is 12.5. The molecule has 0 saturated heterocycles. The average Bonchev–Trinajstić information content (AvgIpc) is 3.07. The first-order valence-corrected chi connectivity index (χ1v) is 6.06. The Kier molecular flexibility index (Phi) is 3.25. The predicted molar refractivity (Wildman–Crippen MR) is 70.3 cm³/mol. The normalized spacial score (nSPS) is 10.7. The van der Waals surface area contributed by atoms with Gasteiger partial charge in [0.2, 0.25) is 11.2 Å². The van der Waals surface area contributed by atoms with Crippen LogP contribution in [-0.2, 0) is 13.6 Å². The highest BCUT2D eigenvalue weighted by molar-refractivity contribution is 6.28. The number of hydrogen-bond acceptors (Lipinski definition) is 7. The minimum absolute atomic E-state index is 0.0826. The van der Waals surface area contributed by atoms with Gasteiger partial charge in [0.05, 0.1) is 6.20 Å². The molecule has 102 valence electrons. The van der Waals surface area contributed by atoms with Crippen molar-refractivity contribution in [2.45, 2.75) is 6.54 Å². The van der Waals surface area contributed by atoms with Crippen LogP contribution < -0.4 is 5.32 Å². The van der Waals surface area contributed by atoms with Gasteiger partial charge in [-0.15, -0.1) is 0 Å². The van der Waals surface area contributed by atoms with Crippen molar-refractivity contribution in [3.8, 4) is 5.95 Å². The maximum Gasteiger partial charge on any atom is 0.258 e. The van der Waals surface area contributed by atoms with Gasteiger partial charge in [0.25, 0.3) is 5.95 Å². The van der Waals surface area contributed by atoms with Crippen molar-refractivity contribution in [2.24, 2.45) is 7.05 Å². The Bertz CT molecular complexity index is 705. The summed E-state index contributed by atoms with van der Waals surface area (Å²) in [5, 5.41) is 11.2. The van der Waals surface area contributed by atoms with Gasteiger partial charge in [-0.1, -0.05) is 0 Å². The summed E-state index contributed by atoms with van der Waals surface area (Å²) < 4.78 is 3.13. The van der Waals surface area contributed by atoms with Crippen molar-refractivity contribution in [3.63, 3.8) is 0 Å². The predicted octanol–water partition coefficient (Wildman–Crippen LogP) is 0.451. The van der Waals surface area contributed by atoms with E-state index < -0.39 is 0 Å². The minimum Gasteiger partial charge on any atom is -0.350 e. The summed E-state index contributed by atoms with van der Waals surface area (Å²) in [6.07, 6.45) is 6.53. The summed E-state index contributed by atoms with van der Waals surface area (Å²) in [5.74, 6) is 0.663. The second-order valence-corrected chi connectivity index (χ2v) is 4.28. The maximum atomic E-state index is 5.87. The third-order valence-corrected chi connectivity index (χ3v) is 2.60. The summed E-state index contributed by atoms with van der Waals surface area (Å²) in [7, 11) is 1.85. The molecule has 0 atom stereocenters. The van der Waals surface area contributed by atoms with E-state index in [0.29, 0.717) is 18.4 Å². The molecule has 3 heterocycles. The highest BCUT2D eigenvalue weighted by atomic mass is 35.5. The monoisotopic (exact) mass is 291 g/mol. The number of hydrogen-bond donors (Lipinski definition) is 1. The summed E-state index contributed by atoms with van der Waals surface area (Å²) in [6.45, 7) is 0.533. The Hall–Kier alpha value is -2.55. The number of rotatable bonds is 4. The molecule has 0 aromatic carbocycles. The lowest BCUT2D eigenvalue weighted by Gasteiger charge is -2.05. The van der Waals surface area contributed by atoms with E-state index in [1.165, 1.54) is 17.3 Å². The third-order valence-electron chi connectivity index (χ3n) is 2.43. The van der Waals surface area contributed by atoms with Gasteiger partial charge in [-0.2, -0.15) is 29.8 Å². The van der Waals surface area contributed by atoms with Gasteiger partial charge >= 0.3 is 0 Å². The van der Waals surface area contributed by atoms with E-state index in [1.54, 1.807) is 10.9 Å². The smallest absolute Gasteiger partial charge is 0.258 e. The van der Waals surface area contributed by atoms with Crippen LogP contribution in [0.4, 0.5) is 5.95 Å². The molecule has 20 heavy (non-hydrogen) atoms. The molecule has 0 amide bonds. The van der Waals surface area contributed by atoms with Crippen LogP contribution in [-0.4, -0.2) is 39.5 Å². The van der Waals surface area contributed by atoms with Gasteiger partial charge in [-0.3, -0.25) is 4.68 Å². The van der Waals surface area contributed by atoms with E-state index in [1.807, 2.05) is 13.2 Å². The molecule has 0 fully saturated rings. The number of nitrogens with one attached hydrogen (secondary N) is 1. The van der Waals surface area contributed by atoms with Crippen LogP contribution in [0.5, 0.6) is 0 Å². The summed E-state index contributed by atoms with van der Waals surface area (Å²) in [6, 6.07) is 0. The standard InChI is InChI=1S/C10H10ClN9/c1-19-4-7(3-14-19)2-13-9-16-8(11)17-10(18-9)20-6-12-5-15-20/h3-6H,2H2,1H3,(H,13,16,17,18). The molecule has 10 heteroatoms. The van der Waals surface area contributed by atoms with Crippen molar-refractivity contribution in [3.05, 3.63) is 35.9 Å². The zero-order valence-electron chi connectivity index (χ0n) is 10.5. The molecule has 1 N–H and O–H groups in total. The molecule has 0 bridgehead atoms. The molecule has 0 aliphatic carbocycles.